The minimum absolute atomic E-state index is 0.0594. The van der Waals surface area contributed by atoms with Gasteiger partial charge in [-0.25, -0.2) is 0 Å². The van der Waals surface area contributed by atoms with Crippen LogP contribution in [0.4, 0.5) is 13.2 Å². The van der Waals surface area contributed by atoms with Gasteiger partial charge in [-0.1, -0.05) is 12.1 Å². The summed E-state index contributed by atoms with van der Waals surface area (Å²) < 4.78 is 41.4. The van der Waals surface area contributed by atoms with Crippen molar-refractivity contribution >= 4 is 11.8 Å². The molecule has 1 aromatic heterocycles. The van der Waals surface area contributed by atoms with Crippen LogP contribution in [0.5, 0.6) is 5.75 Å². The number of aliphatic hydroxyl groups is 1. The predicted octanol–water partition coefficient (Wildman–Crippen LogP) is 2.73. The molecule has 1 aliphatic rings. The van der Waals surface area contributed by atoms with Crippen molar-refractivity contribution in [2.24, 2.45) is 0 Å². The number of aliphatic hydroxyl groups excluding tert-OH is 1. The number of rotatable bonds is 6. The molecule has 0 bridgehead atoms. The summed E-state index contributed by atoms with van der Waals surface area (Å²) in [5.41, 5.74) is 1.83. The first-order valence-corrected chi connectivity index (χ1v) is 9.16. The summed E-state index contributed by atoms with van der Waals surface area (Å²) in [5.74, 6) is -1.10. The number of hydrogen-bond acceptors (Lipinski definition) is 5. The number of fused-ring (bicyclic) bond motifs is 1. The summed E-state index contributed by atoms with van der Waals surface area (Å²) in [4.78, 5) is 30.8. The average Bonchev–Trinajstić information content (AvgIpc) is 3.03. The number of carbonyl (C=O) groups is 2. The van der Waals surface area contributed by atoms with Crippen LogP contribution in [0, 0.1) is 6.92 Å². The van der Waals surface area contributed by atoms with Crippen molar-refractivity contribution in [3.8, 4) is 5.75 Å². The van der Waals surface area contributed by atoms with E-state index in [2.05, 4.69) is 15.0 Å². The molecule has 0 aliphatic carbocycles. The van der Waals surface area contributed by atoms with E-state index in [-0.39, 0.29) is 42.6 Å². The van der Waals surface area contributed by atoms with E-state index >= 15 is 0 Å². The van der Waals surface area contributed by atoms with E-state index in [1.165, 1.54) is 42.3 Å². The number of nitrogens with zero attached hydrogens (tertiary/aromatic N) is 2. The molecule has 2 heterocycles. The zero-order valence-corrected chi connectivity index (χ0v) is 16.3. The number of hydrogen-bond donors (Lipinski definition) is 2. The van der Waals surface area contributed by atoms with E-state index in [1.807, 2.05) is 0 Å². The molecule has 1 atom stereocenters. The van der Waals surface area contributed by atoms with Gasteiger partial charge in [-0.3, -0.25) is 14.6 Å². The van der Waals surface area contributed by atoms with Gasteiger partial charge in [0.2, 0.25) is 0 Å². The Kier molecular flexibility index (Phi) is 5.97. The van der Waals surface area contributed by atoms with Gasteiger partial charge in [-0.05, 0) is 37.1 Å². The molecule has 0 saturated carbocycles. The molecule has 2 amide bonds. The van der Waals surface area contributed by atoms with Gasteiger partial charge in [0.1, 0.15) is 11.4 Å². The summed E-state index contributed by atoms with van der Waals surface area (Å²) in [7, 11) is 0. The third kappa shape index (κ3) is 4.38. The van der Waals surface area contributed by atoms with Crippen molar-refractivity contribution in [1.29, 1.82) is 0 Å². The van der Waals surface area contributed by atoms with Crippen LogP contribution >= 0.6 is 0 Å². The fourth-order valence-corrected chi connectivity index (χ4v) is 3.36. The Hall–Kier alpha value is -3.14. The zero-order valence-electron chi connectivity index (χ0n) is 16.3. The van der Waals surface area contributed by atoms with Gasteiger partial charge >= 0.3 is 6.36 Å². The minimum Gasteiger partial charge on any atom is -0.406 e. The maximum absolute atomic E-state index is 12.9. The molecule has 2 N–H and O–H groups in total. The largest absolute Gasteiger partial charge is 0.573 e. The van der Waals surface area contributed by atoms with Gasteiger partial charge in [-0.2, -0.15) is 0 Å². The Labute approximate surface area is 170 Å². The SMILES string of the molecule is Cc1cc(C(C)N2Cc3c(ccnc3C(=O)NCCO)C2=O)ccc1OC(F)(F)F. The zero-order chi connectivity index (χ0) is 22.1. The fraction of sp³-hybridized carbons (Fsp3) is 0.350. The molecule has 1 aromatic carbocycles. The summed E-state index contributed by atoms with van der Waals surface area (Å²) in [5, 5.41) is 11.4. The minimum atomic E-state index is -4.79. The number of carbonyl (C=O) groups excluding carboxylic acids is 2. The number of benzene rings is 1. The highest BCUT2D eigenvalue weighted by molar-refractivity contribution is 6.03. The van der Waals surface area contributed by atoms with Crippen LogP contribution < -0.4 is 10.1 Å². The molecule has 7 nitrogen and oxygen atoms in total. The predicted molar refractivity (Wildman–Crippen MR) is 99.8 cm³/mol. The lowest BCUT2D eigenvalue weighted by atomic mass is 10.0. The van der Waals surface area contributed by atoms with E-state index in [4.69, 9.17) is 5.11 Å². The van der Waals surface area contributed by atoms with Crippen molar-refractivity contribution in [3.63, 3.8) is 0 Å². The van der Waals surface area contributed by atoms with Gasteiger partial charge in [0, 0.05) is 30.4 Å². The summed E-state index contributed by atoms with van der Waals surface area (Å²) in [6.07, 6.45) is -3.42. The Morgan fingerprint density at radius 3 is 2.73 bits per heavy atom. The molecule has 1 unspecified atom stereocenters. The molecule has 10 heteroatoms. The van der Waals surface area contributed by atoms with Crippen molar-refractivity contribution in [3.05, 3.63) is 58.4 Å². The summed E-state index contributed by atoms with van der Waals surface area (Å²) >= 11 is 0. The molecule has 30 heavy (non-hydrogen) atoms. The molecule has 3 rings (SSSR count). The Morgan fingerprint density at radius 1 is 1.37 bits per heavy atom. The molecular formula is C20H20F3N3O4. The molecule has 0 radical (unpaired) electrons. The maximum Gasteiger partial charge on any atom is 0.573 e. The first kappa shape index (κ1) is 21.6. The van der Waals surface area contributed by atoms with Crippen LogP contribution in [-0.4, -0.2) is 46.3 Å². The first-order valence-electron chi connectivity index (χ1n) is 9.16. The van der Waals surface area contributed by atoms with E-state index in [0.717, 1.165) is 0 Å². The van der Waals surface area contributed by atoms with Gasteiger partial charge in [-0.15, -0.1) is 13.2 Å². The average molecular weight is 423 g/mol. The third-order valence-electron chi connectivity index (χ3n) is 4.86. The van der Waals surface area contributed by atoms with Crippen LogP contribution in [0.25, 0.3) is 0 Å². The van der Waals surface area contributed by atoms with Crippen molar-refractivity contribution < 1.29 is 32.6 Å². The Bertz CT molecular complexity index is 978. The lowest BCUT2D eigenvalue weighted by Crippen LogP contribution is -2.29. The lowest BCUT2D eigenvalue weighted by molar-refractivity contribution is -0.274. The number of halogens is 3. The standard InChI is InChI=1S/C20H20F3N3O4/c1-11-9-13(3-4-16(11)30-20(21,22)23)12(2)26-10-15-14(19(26)29)5-6-24-17(15)18(28)25-7-8-27/h3-6,9,12,27H,7-8,10H2,1-2H3,(H,25,28). The number of alkyl halides is 3. The highest BCUT2D eigenvalue weighted by atomic mass is 19.4. The van der Waals surface area contributed by atoms with Crippen LogP contribution in [0.3, 0.4) is 0 Å². The molecule has 0 spiro atoms. The fourth-order valence-electron chi connectivity index (χ4n) is 3.36. The quantitative estimate of drug-likeness (QED) is 0.746. The topological polar surface area (TPSA) is 91.8 Å². The normalized spacial score (nSPS) is 14.5. The monoisotopic (exact) mass is 423 g/mol. The first-order chi connectivity index (χ1) is 14.1. The number of pyridine rings is 1. The van der Waals surface area contributed by atoms with Crippen molar-refractivity contribution in [2.75, 3.05) is 13.2 Å². The summed E-state index contributed by atoms with van der Waals surface area (Å²) in [6, 6.07) is 5.30. The van der Waals surface area contributed by atoms with Crippen LogP contribution in [0.1, 0.15) is 50.5 Å². The van der Waals surface area contributed by atoms with E-state index < -0.39 is 18.3 Å². The van der Waals surface area contributed by atoms with E-state index in [9.17, 15) is 22.8 Å². The van der Waals surface area contributed by atoms with E-state index in [1.54, 1.807) is 6.92 Å². The van der Waals surface area contributed by atoms with Crippen LogP contribution in [-0.2, 0) is 6.54 Å². The van der Waals surface area contributed by atoms with Crippen molar-refractivity contribution in [1.82, 2.24) is 15.2 Å². The van der Waals surface area contributed by atoms with Gasteiger partial charge in [0.05, 0.1) is 12.6 Å². The number of nitrogens with one attached hydrogen (secondary N) is 1. The highest BCUT2D eigenvalue weighted by Gasteiger charge is 2.35. The highest BCUT2D eigenvalue weighted by Crippen LogP contribution is 2.34. The number of aromatic nitrogens is 1. The smallest absolute Gasteiger partial charge is 0.406 e. The molecule has 1 aliphatic heterocycles. The molecule has 2 aromatic rings. The maximum atomic E-state index is 12.9. The summed E-state index contributed by atoms with van der Waals surface area (Å²) in [6.45, 7) is 3.21. The van der Waals surface area contributed by atoms with Crippen molar-refractivity contribution in [2.45, 2.75) is 32.8 Å². The van der Waals surface area contributed by atoms with Crippen LogP contribution in [0.2, 0.25) is 0 Å². The third-order valence-corrected chi connectivity index (χ3v) is 4.86. The number of amides is 2. The van der Waals surface area contributed by atoms with E-state index in [0.29, 0.717) is 16.7 Å². The Morgan fingerprint density at radius 2 is 2.10 bits per heavy atom. The second-order valence-electron chi connectivity index (χ2n) is 6.85. The van der Waals surface area contributed by atoms with Crippen LogP contribution in [0.15, 0.2) is 30.5 Å². The van der Waals surface area contributed by atoms with Gasteiger partial charge in [0.25, 0.3) is 11.8 Å². The number of aryl methyl sites for hydroxylation is 1. The molecular weight excluding hydrogens is 403 g/mol. The second-order valence-corrected chi connectivity index (χ2v) is 6.85. The lowest BCUT2D eigenvalue weighted by Gasteiger charge is -2.25. The Balaban J connectivity index is 1.84. The molecule has 0 saturated heterocycles. The van der Waals surface area contributed by atoms with Gasteiger partial charge < -0.3 is 20.1 Å². The molecule has 0 fully saturated rings. The number of ether oxygens (including phenoxy) is 1. The molecule has 160 valence electrons. The van der Waals surface area contributed by atoms with Gasteiger partial charge in [0.15, 0.2) is 0 Å². The second kappa shape index (κ2) is 8.31.